The Hall–Kier alpha value is -7.48. The molecule has 1 nitrogen and oxygen atoms in total. The molecule has 0 N–H and O–H groups in total. The molecule has 0 spiro atoms. The van der Waals surface area contributed by atoms with Gasteiger partial charge in [-0.05, 0) is 156 Å². The molecule has 0 saturated carbocycles. The molecule has 1 heteroatoms. The Balaban J connectivity index is 0.766. The van der Waals surface area contributed by atoms with Gasteiger partial charge in [-0.15, -0.1) is 0 Å². The van der Waals surface area contributed by atoms with Crippen LogP contribution in [0.3, 0.4) is 0 Å². The van der Waals surface area contributed by atoms with Crippen LogP contribution in [-0.2, 0) is 16.2 Å². The van der Waals surface area contributed by atoms with E-state index in [1.807, 2.05) is 0 Å². The molecule has 0 aliphatic heterocycles. The maximum absolute atomic E-state index is 2.46. The predicted octanol–water partition coefficient (Wildman–Crippen LogP) is 17.5. The smallest absolute Gasteiger partial charge is 0.0541 e. The Kier molecular flexibility index (Phi) is 8.34. The summed E-state index contributed by atoms with van der Waals surface area (Å²) in [7, 11) is 0. The number of fused-ring (bicyclic) bond motifs is 12. The van der Waals surface area contributed by atoms with Crippen LogP contribution in [0.15, 0.2) is 182 Å². The van der Waals surface area contributed by atoms with Gasteiger partial charge in [-0.1, -0.05) is 193 Å². The van der Waals surface area contributed by atoms with Crippen molar-refractivity contribution in [3.8, 4) is 61.3 Å². The molecule has 3 aliphatic rings. The Morgan fingerprint density at radius 3 is 1.43 bits per heavy atom. The van der Waals surface area contributed by atoms with Gasteiger partial charge in [-0.3, -0.25) is 0 Å². The van der Waals surface area contributed by atoms with E-state index in [0.29, 0.717) is 0 Å². The summed E-state index contributed by atoms with van der Waals surface area (Å²) in [6.07, 6.45) is 4.49. The van der Waals surface area contributed by atoms with Crippen molar-refractivity contribution >= 4 is 34.0 Å². The lowest BCUT2D eigenvalue weighted by Crippen LogP contribution is -2.15. The Morgan fingerprint density at radius 2 is 0.776 bits per heavy atom. The van der Waals surface area contributed by atoms with E-state index in [1.165, 1.54) is 133 Å². The van der Waals surface area contributed by atoms with Crippen molar-refractivity contribution in [2.45, 2.75) is 64.7 Å². The van der Waals surface area contributed by atoms with Gasteiger partial charge < -0.3 is 4.57 Å². The summed E-state index contributed by atoms with van der Waals surface area (Å²) in [4.78, 5) is 0. The Morgan fingerprint density at radius 1 is 0.328 bits per heavy atom. The first-order chi connectivity index (χ1) is 32.4. The summed E-state index contributed by atoms with van der Waals surface area (Å²) in [6.45, 7) is 16.5. The topological polar surface area (TPSA) is 4.93 Å². The van der Waals surface area contributed by atoms with E-state index < -0.39 is 0 Å². The molecule has 1 aromatic heterocycles. The second-order valence-electron chi connectivity index (χ2n) is 21.1. The largest absolute Gasteiger partial charge is 0.309 e. The molecule has 3 aliphatic carbocycles. The van der Waals surface area contributed by atoms with Gasteiger partial charge in [-0.25, -0.2) is 0 Å². The lowest BCUT2D eigenvalue weighted by molar-refractivity contribution is 0.659. The van der Waals surface area contributed by atoms with E-state index in [0.717, 1.165) is 0 Å². The molecular formula is C66H53N. The Labute approximate surface area is 394 Å². The van der Waals surface area contributed by atoms with Crippen LogP contribution >= 0.6 is 0 Å². The number of benzene rings is 9. The molecule has 9 aromatic carbocycles. The van der Waals surface area contributed by atoms with Gasteiger partial charge in [0.2, 0.25) is 0 Å². The summed E-state index contributed by atoms with van der Waals surface area (Å²) in [5, 5.41) is 2.54. The zero-order valence-electron chi connectivity index (χ0n) is 39.4. The fourth-order valence-electron chi connectivity index (χ4n) is 12.3. The summed E-state index contributed by atoms with van der Waals surface area (Å²) in [5.41, 5.74) is 28.8. The molecule has 0 unspecified atom stereocenters. The van der Waals surface area contributed by atoms with Crippen molar-refractivity contribution in [1.29, 1.82) is 0 Å². The van der Waals surface area contributed by atoms with E-state index in [2.05, 4.69) is 247 Å². The Bertz CT molecular complexity index is 3770. The van der Waals surface area contributed by atoms with Crippen LogP contribution in [-0.4, -0.2) is 4.57 Å². The van der Waals surface area contributed by atoms with E-state index in [4.69, 9.17) is 0 Å². The monoisotopic (exact) mass is 859 g/mol. The van der Waals surface area contributed by atoms with Crippen LogP contribution in [0, 0.1) is 6.92 Å². The fraction of sp³-hybridized carbons (Fsp3) is 0.152. The number of rotatable bonds is 5. The number of para-hydroxylation sites is 1. The molecule has 0 radical (unpaired) electrons. The zero-order valence-corrected chi connectivity index (χ0v) is 39.4. The molecule has 67 heavy (non-hydrogen) atoms. The van der Waals surface area contributed by atoms with Gasteiger partial charge in [-0.2, -0.15) is 0 Å². The van der Waals surface area contributed by atoms with Crippen molar-refractivity contribution in [2.75, 3.05) is 0 Å². The van der Waals surface area contributed by atoms with Gasteiger partial charge >= 0.3 is 0 Å². The minimum absolute atomic E-state index is 0.0284. The quantitative estimate of drug-likeness (QED) is 0.152. The van der Waals surface area contributed by atoms with Crippen LogP contribution in [0.2, 0.25) is 0 Å². The minimum atomic E-state index is -0.124. The number of hydrogen-bond donors (Lipinski definition) is 0. The van der Waals surface area contributed by atoms with Gasteiger partial charge in [0.25, 0.3) is 0 Å². The third-order valence-corrected chi connectivity index (χ3v) is 16.1. The zero-order chi connectivity index (χ0) is 45.6. The highest BCUT2D eigenvalue weighted by molar-refractivity contribution is 6.10. The highest BCUT2D eigenvalue weighted by atomic mass is 15.0. The van der Waals surface area contributed by atoms with Crippen molar-refractivity contribution in [1.82, 2.24) is 4.57 Å². The lowest BCUT2D eigenvalue weighted by atomic mass is 9.80. The van der Waals surface area contributed by atoms with Crippen LogP contribution in [0.1, 0.15) is 91.6 Å². The molecule has 0 fully saturated rings. The van der Waals surface area contributed by atoms with Crippen molar-refractivity contribution in [3.63, 3.8) is 0 Å². The average Bonchev–Trinajstić information content (AvgIpc) is 3.96. The molecular weight excluding hydrogens is 807 g/mol. The number of hydrogen-bond acceptors (Lipinski definition) is 0. The van der Waals surface area contributed by atoms with Crippen molar-refractivity contribution < 1.29 is 0 Å². The highest BCUT2D eigenvalue weighted by Crippen LogP contribution is 2.53. The van der Waals surface area contributed by atoms with Crippen molar-refractivity contribution in [2.24, 2.45) is 0 Å². The maximum atomic E-state index is 2.46. The number of aryl methyl sites for hydroxylation is 1. The van der Waals surface area contributed by atoms with Crippen LogP contribution < -0.4 is 0 Å². The first-order valence-electron chi connectivity index (χ1n) is 24.0. The number of aromatic nitrogens is 1. The third kappa shape index (κ3) is 5.80. The second kappa shape index (κ2) is 14.0. The molecule has 322 valence electrons. The van der Waals surface area contributed by atoms with Crippen molar-refractivity contribution in [3.05, 3.63) is 232 Å². The van der Waals surface area contributed by atoms with E-state index in [1.54, 1.807) is 0 Å². The van der Waals surface area contributed by atoms with E-state index >= 15 is 0 Å². The third-order valence-electron chi connectivity index (χ3n) is 16.1. The molecule has 13 rings (SSSR count). The highest BCUT2D eigenvalue weighted by Gasteiger charge is 2.38. The summed E-state index contributed by atoms with van der Waals surface area (Å²) in [5.74, 6) is 0. The van der Waals surface area contributed by atoms with Gasteiger partial charge in [0, 0.05) is 32.7 Å². The second-order valence-corrected chi connectivity index (χ2v) is 21.1. The summed E-state index contributed by atoms with van der Waals surface area (Å²) >= 11 is 0. The molecule has 1 heterocycles. The molecule has 10 aromatic rings. The first kappa shape index (κ1) is 39.8. The minimum Gasteiger partial charge on any atom is -0.309 e. The maximum Gasteiger partial charge on any atom is 0.0541 e. The van der Waals surface area contributed by atoms with Gasteiger partial charge in [0.05, 0.1) is 11.0 Å². The predicted molar refractivity (Wildman–Crippen MR) is 284 cm³/mol. The van der Waals surface area contributed by atoms with Crippen LogP contribution in [0.25, 0.3) is 95.3 Å². The fourth-order valence-corrected chi connectivity index (χ4v) is 12.3. The van der Waals surface area contributed by atoms with Gasteiger partial charge in [0.15, 0.2) is 0 Å². The molecule has 0 amide bonds. The van der Waals surface area contributed by atoms with Crippen LogP contribution in [0.4, 0.5) is 0 Å². The summed E-state index contributed by atoms with van der Waals surface area (Å²) in [6, 6.07) is 69.0. The first-order valence-corrected chi connectivity index (χ1v) is 24.0. The van der Waals surface area contributed by atoms with E-state index in [-0.39, 0.29) is 16.2 Å². The normalized spacial score (nSPS) is 15.4. The molecule has 0 saturated heterocycles. The molecule has 0 bridgehead atoms. The van der Waals surface area contributed by atoms with E-state index in [9.17, 15) is 0 Å². The van der Waals surface area contributed by atoms with Gasteiger partial charge in [0.1, 0.15) is 0 Å². The number of nitrogens with zero attached hydrogens (tertiary/aromatic N) is 1. The summed E-state index contributed by atoms with van der Waals surface area (Å²) < 4.78 is 2.45. The van der Waals surface area contributed by atoms with Crippen LogP contribution in [0.5, 0.6) is 0 Å². The lowest BCUT2D eigenvalue weighted by Gasteiger charge is -2.23. The SMILES string of the molecule is Cc1ccc2c(c1)C(C)(C)c1cc(-c3ccc4c(c3)C(C)(C)c3cc(-c5ccc(/C=C/c6ccc7c(c6)c6ccccc6n7-c6ccc7c(c6)C(C)(C)c6ccccc6-7)cc5)ccc3-4)ccc1-2. The average molecular weight is 860 g/mol. The molecule has 0 atom stereocenters. The standard InChI is InChI=1S/C66H53N/c1-40-16-28-49-50-30-25-45(37-59(50)65(4,5)57(49)34-40)46-26-31-52-51-29-24-44(36-58(51)66(6,7)60(52)38-46)43-22-19-41(20-23-43)17-18-42-21-33-63-55(35-42)54-13-9-11-15-62(54)67(63)47-27-32-53-48-12-8-10-14-56(48)64(2,3)61(53)39-47/h8-39H,1-7H3/b18-17+.